The van der Waals surface area contributed by atoms with Crippen LogP contribution in [0.15, 0.2) is 17.5 Å². The highest BCUT2D eigenvalue weighted by molar-refractivity contribution is 7.10. The number of carbonyl (C=O) groups excluding carboxylic acids is 1. The molecule has 0 saturated carbocycles. The fraction of sp³-hybridized carbons (Fsp3) is 0.615. The first-order chi connectivity index (χ1) is 8.03. The van der Waals surface area contributed by atoms with E-state index in [1.807, 2.05) is 17.5 Å². The number of rotatable bonds is 7. The van der Waals surface area contributed by atoms with Crippen molar-refractivity contribution in [3.63, 3.8) is 0 Å². The first-order valence-electron chi connectivity index (χ1n) is 5.93. The van der Waals surface area contributed by atoms with Crippen LogP contribution in [-0.2, 0) is 11.2 Å². The first kappa shape index (κ1) is 14.2. The van der Waals surface area contributed by atoms with Crippen LogP contribution in [0.1, 0.15) is 31.6 Å². The molecule has 0 aliphatic heterocycles. The number of aliphatic hydroxyl groups is 1. The van der Waals surface area contributed by atoms with Gasteiger partial charge in [-0.3, -0.25) is 4.79 Å². The fourth-order valence-corrected chi connectivity index (χ4v) is 2.32. The molecule has 1 aromatic rings. The zero-order chi connectivity index (χ0) is 12.7. The summed E-state index contributed by atoms with van der Waals surface area (Å²) < 4.78 is 0. The van der Waals surface area contributed by atoms with Crippen molar-refractivity contribution in [2.45, 2.75) is 33.1 Å². The van der Waals surface area contributed by atoms with E-state index < -0.39 is 0 Å². The molecule has 0 saturated heterocycles. The van der Waals surface area contributed by atoms with Crippen LogP contribution in [-0.4, -0.2) is 24.2 Å². The van der Waals surface area contributed by atoms with Crippen molar-refractivity contribution in [3.05, 3.63) is 22.4 Å². The highest BCUT2D eigenvalue weighted by Gasteiger charge is 2.18. The number of hydrogen-bond donors (Lipinski definition) is 2. The Bertz CT molecular complexity index is 333. The van der Waals surface area contributed by atoms with Crippen LogP contribution in [0.4, 0.5) is 0 Å². The Hall–Kier alpha value is -0.870. The largest absolute Gasteiger partial charge is 0.396 e. The number of aliphatic hydroxyl groups excluding tert-OH is 1. The molecule has 1 aromatic heterocycles. The third-order valence-corrected chi connectivity index (χ3v) is 3.57. The van der Waals surface area contributed by atoms with Gasteiger partial charge in [0, 0.05) is 18.0 Å². The zero-order valence-electron chi connectivity index (χ0n) is 10.5. The van der Waals surface area contributed by atoms with Crippen LogP contribution < -0.4 is 5.32 Å². The van der Waals surface area contributed by atoms with Gasteiger partial charge >= 0.3 is 0 Å². The van der Waals surface area contributed by atoms with Gasteiger partial charge in [-0.05, 0) is 29.7 Å². The van der Waals surface area contributed by atoms with E-state index in [0.717, 1.165) is 17.7 Å². The number of thiophene rings is 1. The van der Waals surface area contributed by atoms with Gasteiger partial charge in [-0.1, -0.05) is 19.9 Å². The van der Waals surface area contributed by atoms with Crippen LogP contribution in [0.5, 0.6) is 0 Å². The highest BCUT2D eigenvalue weighted by atomic mass is 32.1. The maximum atomic E-state index is 11.7. The highest BCUT2D eigenvalue weighted by Crippen LogP contribution is 2.20. The van der Waals surface area contributed by atoms with Gasteiger partial charge < -0.3 is 10.4 Å². The smallest absolute Gasteiger partial charge is 0.225 e. The van der Waals surface area contributed by atoms with Gasteiger partial charge in [0.05, 0.1) is 6.42 Å². The third kappa shape index (κ3) is 5.84. The van der Waals surface area contributed by atoms with Crippen molar-refractivity contribution in [2.24, 2.45) is 5.41 Å². The van der Waals surface area contributed by atoms with Crippen molar-refractivity contribution in [1.82, 2.24) is 5.32 Å². The van der Waals surface area contributed by atoms with Gasteiger partial charge in [-0.2, -0.15) is 0 Å². The van der Waals surface area contributed by atoms with E-state index >= 15 is 0 Å². The van der Waals surface area contributed by atoms with Crippen LogP contribution in [0.2, 0.25) is 0 Å². The summed E-state index contributed by atoms with van der Waals surface area (Å²) in [5.74, 6) is 0.0736. The summed E-state index contributed by atoms with van der Waals surface area (Å²) in [7, 11) is 0. The summed E-state index contributed by atoms with van der Waals surface area (Å²) >= 11 is 1.60. The van der Waals surface area contributed by atoms with Crippen molar-refractivity contribution in [3.8, 4) is 0 Å². The first-order valence-corrected chi connectivity index (χ1v) is 6.81. The van der Waals surface area contributed by atoms with Crippen molar-refractivity contribution >= 4 is 17.2 Å². The molecule has 0 aromatic carbocycles. The molecular formula is C13H21NO2S. The lowest BCUT2D eigenvalue weighted by molar-refractivity contribution is -0.120. The Morgan fingerprint density at radius 3 is 2.88 bits per heavy atom. The maximum absolute atomic E-state index is 11.7. The third-order valence-electron chi connectivity index (χ3n) is 2.69. The second-order valence-corrected chi connectivity index (χ2v) is 6.06. The molecule has 0 unspecified atom stereocenters. The topological polar surface area (TPSA) is 49.3 Å². The molecule has 0 aliphatic carbocycles. The van der Waals surface area contributed by atoms with Crippen molar-refractivity contribution < 1.29 is 9.90 Å². The van der Waals surface area contributed by atoms with E-state index in [2.05, 4.69) is 19.2 Å². The molecule has 0 radical (unpaired) electrons. The average Bonchev–Trinajstić information content (AvgIpc) is 2.77. The Morgan fingerprint density at radius 2 is 2.29 bits per heavy atom. The van der Waals surface area contributed by atoms with Crippen LogP contribution in [0.25, 0.3) is 0 Å². The van der Waals surface area contributed by atoms with E-state index in [4.69, 9.17) is 5.11 Å². The second kappa shape index (κ2) is 6.77. The molecule has 3 nitrogen and oxygen atoms in total. The maximum Gasteiger partial charge on any atom is 0.225 e. The Balaban J connectivity index is 2.27. The quantitative estimate of drug-likeness (QED) is 0.785. The molecule has 2 N–H and O–H groups in total. The Labute approximate surface area is 107 Å². The van der Waals surface area contributed by atoms with Gasteiger partial charge in [0.1, 0.15) is 0 Å². The molecular weight excluding hydrogens is 234 g/mol. The minimum atomic E-state index is 0.0494. The molecule has 0 fully saturated rings. The predicted octanol–water partition coefficient (Wildman–Crippen LogP) is 2.21. The molecule has 1 heterocycles. The summed E-state index contributed by atoms with van der Waals surface area (Å²) in [6.07, 6.45) is 2.17. The van der Waals surface area contributed by atoms with Crippen molar-refractivity contribution in [2.75, 3.05) is 13.2 Å². The van der Waals surface area contributed by atoms with E-state index in [0.29, 0.717) is 13.0 Å². The molecule has 1 amide bonds. The van der Waals surface area contributed by atoms with E-state index in [9.17, 15) is 4.79 Å². The monoisotopic (exact) mass is 255 g/mol. The SMILES string of the molecule is CC(C)(CCCO)CNC(=O)Cc1cccs1. The van der Waals surface area contributed by atoms with Crippen LogP contribution >= 0.6 is 11.3 Å². The summed E-state index contributed by atoms with van der Waals surface area (Å²) in [6, 6.07) is 3.93. The minimum absolute atomic E-state index is 0.0494. The number of nitrogens with one attached hydrogen (secondary N) is 1. The van der Waals surface area contributed by atoms with Gasteiger partial charge in [-0.25, -0.2) is 0 Å². The van der Waals surface area contributed by atoms with Gasteiger partial charge in [-0.15, -0.1) is 11.3 Å². The lowest BCUT2D eigenvalue weighted by Crippen LogP contribution is -2.34. The summed E-state index contributed by atoms with van der Waals surface area (Å²) in [5.41, 5.74) is 0.0494. The fourth-order valence-electron chi connectivity index (χ4n) is 1.62. The minimum Gasteiger partial charge on any atom is -0.396 e. The predicted molar refractivity (Wildman–Crippen MR) is 71.1 cm³/mol. The summed E-state index contributed by atoms with van der Waals surface area (Å²) in [4.78, 5) is 12.8. The molecule has 1 rings (SSSR count). The number of carbonyl (C=O) groups is 1. The van der Waals surface area contributed by atoms with Crippen molar-refractivity contribution in [1.29, 1.82) is 0 Å². The van der Waals surface area contributed by atoms with Gasteiger partial charge in [0.15, 0.2) is 0 Å². The molecule has 0 bridgehead atoms. The molecule has 4 heteroatoms. The Kier molecular flexibility index (Phi) is 5.65. The molecule has 96 valence electrons. The van der Waals surface area contributed by atoms with Gasteiger partial charge in [0.25, 0.3) is 0 Å². The summed E-state index contributed by atoms with van der Waals surface area (Å²) in [5, 5.41) is 13.7. The zero-order valence-corrected chi connectivity index (χ0v) is 11.3. The molecule has 0 atom stereocenters. The molecule has 0 spiro atoms. The van der Waals surface area contributed by atoms with Crippen LogP contribution in [0.3, 0.4) is 0 Å². The summed E-state index contributed by atoms with van der Waals surface area (Å²) in [6.45, 7) is 5.09. The second-order valence-electron chi connectivity index (χ2n) is 5.02. The number of amides is 1. The molecule has 0 aliphatic rings. The van der Waals surface area contributed by atoms with Crippen LogP contribution in [0, 0.1) is 5.41 Å². The standard InChI is InChI=1S/C13H21NO2S/c1-13(2,6-4-7-15)10-14-12(16)9-11-5-3-8-17-11/h3,5,8,15H,4,6-7,9-10H2,1-2H3,(H,14,16). The normalized spacial score (nSPS) is 11.5. The number of hydrogen-bond acceptors (Lipinski definition) is 3. The van der Waals surface area contributed by atoms with E-state index in [1.54, 1.807) is 11.3 Å². The van der Waals surface area contributed by atoms with E-state index in [-0.39, 0.29) is 17.9 Å². The Morgan fingerprint density at radius 1 is 1.53 bits per heavy atom. The lowest BCUT2D eigenvalue weighted by atomic mass is 9.88. The van der Waals surface area contributed by atoms with Gasteiger partial charge in [0.2, 0.25) is 5.91 Å². The lowest BCUT2D eigenvalue weighted by Gasteiger charge is -2.24. The van der Waals surface area contributed by atoms with E-state index in [1.165, 1.54) is 0 Å². The average molecular weight is 255 g/mol. The molecule has 17 heavy (non-hydrogen) atoms.